The SMILES string of the molecule is COC1[CH]CN(CC2CC2)CC1. The molecule has 1 atom stereocenters. The van der Waals surface area contributed by atoms with E-state index in [9.17, 15) is 0 Å². The van der Waals surface area contributed by atoms with Crippen LogP contribution in [0.1, 0.15) is 19.3 Å². The second-order valence-corrected chi connectivity index (χ2v) is 4.00. The van der Waals surface area contributed by atoms with Crippen molar-refractivity contribution in [3.8, 4) is 0 Å². The third kappa shape index (κ3) is 2.20. The van der Waals surface area contributed by atoms with Crippen LogP contribution in [0.3, 0.4) is 0 Å². The monoisotopic (exact) mass is 168 g/mol. The van der Waals surface area contributed by atoms with Crippen LogP contribution in [-0.2, 0) is 4.74 Å². The quantitative estimate of drug-likeness (QED) is 0.630. The molecule has 1 heterocycles. The number of nitrogens with zero attached hydrogens (tertiary/aromatic N) is 1. The predicted octanol–water partition coefficient (Wildman–Crippen LogP) is 1.32. The Bertz CT molecular complexity index is 137. The van der Waals surface area contributed by atoms with Crippen molar-refractivity contribution in [2.45, 2.75) is 25.4 Å². The molecule has 2 fully saturated rings. The van der Waals surface area contributed by atoms with Crippen molar-refractivity contribution < 1.29 is 4.74 Å². The molecule has 0 N–H and O–H groups in total. The molecule has 2 aliphatic rings. The van der Waals surface area contributed by atoms with Gasteiger partial charge in [-0.15, -0.1) is 0 Å². The van der Waals surface area contributed by atoms with Crippen molar-refractivity contribution in [1.29, 1.82) is 0 Å². The van der Waals surface area contributed by atoms with Crippen molar-refractivity contribution >= 4 is 0 Å². The van der Waals surface area contributed by atoms with E-state index in [2.05, 4.69) is 11.3 Å². The van der Waals surface area contributed by atoms with E-state index in [1.165, 1.54) is 32.4 Å². The van der Waals surface area contributed by atoms with Gasteiger partial charge < -0.3 is 9.64 Å². The number of ether oxygens (including phenoxy) is 1. The van der Waals surface area contributed by atoms with E-state index in [4.69, 9.17) is 4.74 Å². The van der Waals surface area contributed by atoms with E-state index in [1.807, 2.05) is 0 Å². The normalized spacial score (nSPS) is 27.8. The van der Waals surface area contributed by atoms with Gasteiger partial charge in [0.25, 0.3) is 0 Å². The zero-order chi connectivity index (χ0) is 8.39. The summed E-state index contributed by atoms with van der Waals surface area (Å²) >= 11 is 0. The van der Waals surface area contributed by atoms with E-state index < -0.39 is 0 Å². The summed E-state index contributed by atoms with van der Waals surface area (Å²) in [7, 11) is 1.80. The van der Waals surface area contributed by atoms with Crippen LogP contribution in [0.25, 0.3) is 0 Å². The number of likely N-dealkylation sites (tertiary alicyclic amines) is 1. The molecule has 2 rings (SSSR count). The molecule has 1 aliphatic heterocycles. The summed E-state index contributed by atoms with van der Waals surface area (Å²) in [5, 5.41) is 0. The molecule has 0 aromatic rings. The van der Waals surface area contributed by atoms with Gasteiger partial charge in [0.15, 0.2) is 0 Å². The van der Waals surface area contributed by atoms with Crippen molar-refractivity contribution in [1.82, 2.24) is 4.90 Å². The first-order valence-electron chi connectivity index (χ1n) is 4.97. The molecule has 1 aliphatic carbocycles. The molecule has 0 aromatic carbocycles. The highest BCUT2D eigenvalue weighted by Crippen LogP contribution is 2.30. The average Bonchev–Trinajstić information content (AvgIpc) is 2.90. The molecule has 12 heavy (non-hydrogen) atoms. The first-order chi connectivity index (χ1) is 5.88. The maximum Gasteiger partial charge on any atom is 0.0628 e. The summed E-state index contributed by atoms with van der Waals surface area (Å²) in [5.41, 5.74) is 0. The summed E-state index contributed by atoms with van der Waals surface area (Å²) in [6, 6.07) is 0. The lowest BCUT2D eigenvalue weighted by molar-refractivity contribution is 0.0772. The molecular weight excluding hydrogens is 150 g/mol. The predicted molar refractivity (Wildman–Crippen MR) is 48.9 cm³/mol. The van der Waals surface area contributed by atoms with Crippen LogP contribution in [0.5, 0.6) is 0 Å². The van der Waals surface area contributed by atoms with Gasteiger partial charge in [-0.2, -0.15) is 0 Å². The van der Waals surface area contributed by atoms with E-state index in [0.717, 1.165) is 12.5 Å². The molecule has 1 radical (unpaired) electrons. The zero-order valence-corrected chi connectivity index (χ0v) is 7.83. The third-order valence-corrected chi connectivity index (χ3v) is 2.87. The minimum atomic E-state index is 0.417. The van der Waals surface area contributed by atoms with Gasteiger partial charge in [0.05, 0.1) is 6.10 Å². The first kappa shape index (κ1) is 8.52. The number of rotatable bonds is 3. The highest BCUT2D eigenvalue weighted by molar-refractivity contribution is 4.89. The third-order valence-electron chi connectivity index (χ3n) is 2.87. The largest absolute Gasteiger partial charge is 0.381 e. The molecule has 2 heteroatoms. The van der Waals surface area contributed by atoms with E-state index in [-0.39, 0.29) is 0 Å². The van der Waals surface area contributed by atoms with Gasteiger partial charge in [0, 0.05) is 33.2 Å². The molecule has 2 nitrogen and oxygen atoms in total. The van der Waals surface area contributed by atoms with Crippen LogP contribution in [0.4, 0.5) is 0 Å². The Morgan fingerprint density at radius 3 is 2.75 bits per heavy atom. The van der Waals surface area contributed by atoms with Crippen molar-refractivity contribution in [3.63, 3.8) is 0 Å². The van der Waals surface area contributed by atoms with Gasteiger partial charge in [0.2, 0.25) is 0 Å². The fourth-order valence-electron chi connectivity index (χ4n) is 1.83. The molecule has 1 unspecified atom stereocenters. The summed E-state index contributed by atoms with van der Waals surface area (Å²) in [6.45, 7) is 3.69. The minimum Gasteiger partial charge on any atom is -0.381 e. The van der Waals surface area contributed by atoms with Crippen LogP contribution in [0.15, 0.2) is 0 Å². The molecule has 0 aromatic heterocycles. The number of hydrogen-bond acceptors (Lipinski definition) is 2. The molecule has 69 valence electrons. The zero-order valence-electron chi connectivity index (χ0n) is 7.83. The van der Waals surface area contributed by atoms with Gasteiger partial charge >= 0.3 is 0 Å². The smallest absolute Gasteiger partial charge is 0.0628 e. The summed E-state index contributed by atoms with van der Waals surface area (Å²) < 4.78 is 5.28. The van der Waals surface area contributed by atoms with Crippen LogP contribution in [0, 0.1) is 12.3 Å². The lowest BCUT2D eigenvalue weighted by Crippen LogP contribution is -2.38. The molecule has 0 bridgehead atoms. The lowest BCUT2D eigenvalue weighted by Gasteiger charge is -2.30. The summed E-state index contributed by atoms with van der Waals surface area (Å²) in [5.74, 6) is 1.03. The van der Waals surface area contributed by atoms with E-state index >= 15 is 0 Å². The Hall–Kier alpha value is -0.0800. The fourth-order valence-corrected chi connectivity index (χ4v) is 1.83. The highest BCUT2D eigenvalue weighted by Gasteiger charge is 2.26. The fraction of sp³-hybridized carbons (Fsp3) is 0.900. The van der Waals surface area contributed by atoms with Crippen LogP contribution >= 0.6 is 0 Å². The number of piperidine rings is 1. The Kier molecular flexibility index (Phi) is 2.66. The van der Waals surface area contributed by atoms with Crippen molar-refractivity contribution in [2.24, 2.45) is 5.92 Å². The minimum absolute atomic E-state index is 0.417. The first-order valence-corrected chi connectivity index (χ1v) is 4.97. The van der Waals surface area contributed by atoms with Gasteiger partial charge in [-0.25, -0.2) is 0 Å². The maximum absolute atomic E-state index is 5.28. The molecule has 0 amide bonds. The molecule has 1 saturated carbocycles. The van der Waals surface area contributed by atoms with Crippen LogP contribution < -0.4 is 0 Å². The van der Waals surface area contributed by atoms with Gasteiger partial charge in [-0.3, -0.25) is 0 Å². The highest BCUT2D eigenvalue weighted by atomic mass is 16.5. The van der Waals surface area contributed by atoms with Crippen LogP contribution in [0.2, 0.25) is 0 Å². The van der Waals surface area contributed by atoms with Gasteiger partial charge in [-0.1, -0.05) is 0 Å². The van der Waals surface area contributed by atoms with Gasteiger partial charge in [0.1, 0.15) is 0 Å². The molecular formula is C10H18NO. The number of hydrogen-bond donors (Lipinski definition) is 0. The van der Waals surface area contributed by atoms with Crippen LogP contribution in [-0.4, -0.2) is 37.7 Å². The number of methoxy groups -OCH3 is 1. The molecule has 1 saturated heterocycles. The Morgan fingerprint density at radius 1 is 1.42 bits per heavy atom. The second kappa shape index (κ2) is 3.75. The van der Waals surface area contributed by atoms with Crippen molar-refractivity contribution in [2.75, 3.05) is 26.7 Å². The lowest BCUT2D eigenvalue weighted by atomic mass is 10.1. The standard InChI is InChI=1S/C10H18NO/c1-12-10-4-6-11(7-5-10)8-9-2-3-9/h4,9-10H,2-3,5-8H2,1H3. The summed E-state index contributed by atoms with van der Waals surface area (Å²) in [4.78, 5) is 2.55. The van der Waals surface area contributed by atoms with E-state index in [1.54, 1.807) is 7.11 Å². The Balaban J connectivity index is 1.66. The Morgan fingerprint density at radius 2 is 2.25 bits per heavy atom. The van der Waals surface area contributed by atoms with E-state index in [0.29, 0.717) is 6.10 Å². The maximum atomic E-state index is 5.28. The Labute approximate surface area is 74.9 Å². The second-order valence-electron chi connectivity index (χ2n) is 4.00. The van der Waals surface area contributed by atoms with Gasteiger partial charge in [-0.05, 0) is 25.2 Å². The summed E-state index contributed by atoms with van der Waals surface area (Å²) in [6.07, 6.45) is 6.82. The molecule has 0 spiro atoms. The van der Waals surface area contributed by atoms with Crippen molar-refractivity contribution in [3.05, 3.63) is 6.42 Å². The topological polar surface area (TPSA) is 12.5 Å². The average molecular weight is 168 g/mol.